The van der Waals surface area contributed by atoms with Gasteiger partial charge in [-0.05, 0) is 36.5 Å². The predicted molar refractivity (Wildman–Crippen MR) is 74.4 cm³/mol. The van der Waals surface area contributed by atoms with Crippen LogP contribution in [0.4, 0.5) is 18.9 Å². The van der Waals surface area contributed by atoms with Gasteiger partial charge in [0.15, 0.2) is 5.11 Å². The highest BCUT2D eigenvalue weighted by Gasteiger charge is 2.29. The Balaban J connectivity index is 2.41. The molecule has 1 rings (SSSR count). The van der Waals surface area contributed by atoms with Crippen LogP contribution >= 0.6 is 12.2 Å². The van der Waals surface area contributed by atoms with Gasteiger partial charge in [-0.1, -0.05) is 0 Å². The minimum absolute atomic E-state index is 0.145. The van der Waals surface area contributed by atoms with E-state index in [1.807, 2.05) is 0 Å². The van der Waals surface area contributed by atoms with Crippen LogP contribution in [-0.4, -0.2) is 24.1 Å². The summed E-state index contributed by atoms with van der Waals surface area (Å²) in [6, 6.07) is 4.54. The normalized spacial score (nSPS) is 10.8. The smallest absolute Gasteiger partial charge is 0.361 e. The third-order valence-corrected chi connectivity index (χ3v) is 2.50. The Morgan fingerprint density at radius 3 is 2.20 bits per heavy atom. The maximum Gasteiger partial charge on any atom is 0.416 e. The van der Waals surface area contributed by atoms with Crippen LogP contribution in [0.15, 0.2) is 24.3 Å². The summed E-state index contributed by atoms with van der Waals surface area (Å²) in [7, 11) is 0. The molecule has 1 aromatic carbocycles. The molecule has 1 amide bonds. The molecule has 0 unspecified atom stereocenters. The topological polar surface area (TPSA) is 53.2 Å². The third-order valence-electron chi connectivity index (χ3n) is 2.25. The average molecular weight is 305 g/mol. The fraction of sp³-hybridized carbons (Fsp3) is 0.333. The molecule has 20 heavy (non-hydrogen) atoms. The van der Waals surface area contributed by atoms with Crippen LogP contribution in [-0.2, 0) is 11.0 Å². The highest BCUT2D eigenvalue weighted by Crippen LogP contribution is 2.29. The van der Waals surface area contributed by atoms with Crippen LogP contribution in [0.25, 0.3) is 0 Å². The van der Waals surface area contributed by atoms with Crippen molar-refractivity contribution >= 4 is 28.9 Å². The summed E-state index contributed by atoms with van der Waals surface area (Å²) in [4.78, 5) is 10.6. The standard InChI is InChI=1S/C12H14F3N3OS/c1-8(19)16-6-7-17-11(20)18-10-4-2-9(3-5-10)12(13,14)15/h2-5H,6-7H2,1H3,(H,16,19)(H2,17,18,20). The maximum atomic E-state index is 12.4. The first kappa shape index (κ1) is 16.2. The molecule has 0 bridgehead atoms. The molecule has 4 nitrogen and oxygen atoms in total. The van der Waals surface area contributed by atoms with E-state index in [1.165, 1.54) is 19.1 Å². The summed E-state index contributed by atoms with van der Waals surface area (Å²) in [5, 5.41) is 8.41. The molecule has 110 valence electrons. The van der Waals surface area contributed by atoms with Crippen LogP contribution in [0.5, 0.6) is 0 Å². The SMILES string of the molecule is CC(=O)NCCNC(=S)Nc1ccc(C(F)(F)F)cc1. The summed E-state index contributed by atoms with van der Waals surface area (Å²) in [6.45, 7) is 2.23. The molecule has 0 radical (unpaired) electrons. The number of benzene rings is 1. The van der Waals surface area contributed by atoms with Gasteiger partial charge >= 0.3 is 6.18 Å². The van der Waals surface area contributed by atoms with Crippen molar-refractivity contribution in [3.05, 3.63) is 29.8 Å². The number of alkyl halides is 3. The van der Waals surface area contributed by atoms with Crippen LogP contribution in [0.2, 0.25) is 0 Å². The van der Waals surface area contributed by atoms with Gasteiger partial charge in [-0.3, -0.25) is 4.79 Å². The number of hydrogen-bond donors (Lipinski definition) is 3. The molecule has 0 aliphatic heterocycles. The van der Waals surface area contributed by atoms with Gasteiger partial charge in [0, 0.05) is 25.7 Å². The number of anilines is 1. The van der Waals surface area contributed by atoms with Crippen molar-refractivity contribution in [1.29, 1.82) is 0 Å². The van der Waals surface area contributed by atoms with Crippen molar-refractivity contribution in [2.75, 3.05) is 18.4 Å². The lowest BCUT2D eigenvalue weighted by Crippen LogP contribution is -2.35. The molecule has 3 N–H and O–H groups in total. The Morgan fingerprint density at radius 1 is 1.15 bits per heavy atom. The van der Waals surface area contributed by atoms with Gasteiger partial charge < -0.3 is 16.0 Å². The van der Waals surface area contributed by atoms with Gasteiger partial charge in [-0.25, -0.2) is 0 Å². The average Bonchev–Trinajstić information content (AvgIpc) is 2.34. The zero-order valence-corrected chi connectivity index (χ0v) is 11.5. The zero-order chi connectivity index (χ0) is 15.2. The molecule has 1 aromatic rings. The molecule has 0 aliphatic carbocycles. The fourth-order valence-electron chi connectivity index (χ4n) is 1.33. The Kier molecular flexibility index (Phi) is 5.75. The number of carbonyl (C=O) groups is 1. The van der Waals surface area contributed by atoms with Crippen molar-refractivity contribution in [2.45, 2.75) is 13.1 Å². The van der Waals surface area contributed by atoms with Gasteiger partial charge in [0.05, 0.1) is 5.56 Å². The third kappa shape index (κ3) is 5.87. The Bertz CT molecular complexity index is 474. The fourth-order valence-corrected chi connectivity index (χ4v) is 1.55. The van der Waals surface area contributed by atoms with E-state index in [0.717, 1.165) is 12.1 Å². The number of nitrogens with one attached hydrogen (secondary N) is 3. The Labute approximate surface area is 119 Å². The number of rotatable bonds is 4. The lowest BCUT2D eigenvalue weighted by atomic mass is 10.2. The predicted octanol–water partition coefficient (Wildman–Crippen LogP) is 2.13. The second-order valence-electron chi connectivity index (χ2n) is 3.94. The summed E-state index contributed by atoms with van der Waals surface area (Å²) < 4.78 is 37.1. The van der Waals surface area contributed by atoms with E-state index >= 15 is 0 Å². The number of amides is 1. The van der Waals surface area contributed by atoms with Gasteiger partial charge in [0.25, 0.3) is 0 Å². The van der Waals surface area contributed by atoms with Gasteiger partial charge in [0.1, 0.15) is 0 Å². The monoisotopic (exact) mass is 305 g/mol. The molecule has 0 aromatic heterocycles. The lowest BCUT2D eigenvalue weighted by molar-refractivity contribution is -0.137. The number of thiocarbonyl (C=S) groups is 1. The second kappa shape index (κ2) is 7.09. The molecule has 0 spiro atoms. The Hall–Kier alpha value is -1.83. The van der Waals surface area contributed by atoms with Crippen molar-refractivity contribution in [1.82, 2.24) is 10.6 Å². The summed E-state index contributed by atoms with van der Waals surface area (Å²) >= 11 is 4.96. The first-order chi connectivity index (χ1) is 9.29. The molecule has 0 saturated carbocycles. The van der Waals surface area contributed by atoms with Gasteiger partial charge in [0.2, 0.25) is 5.91 Å². The maximum absolute atomic E-state index is 12.4. The van der Waals surface area contributed by atoms with E-state index in [4.69, 9.17) is 12.2 Å². The van der Waals surface area contributed by atoms with Gasteiger partial charge in [-0.2, -0.15) is 13.2 Å². The molecule has 0 fully saturated rings. The van der Waals surface area contributed by atoms with E-state index in [2.05, 4.69) is 16.0 Å². The van der Waals surface area contributed by atoms with Crippen molar-refractivity contribution in [3.8, 4) is 0 Å². The molecule has 0 aliphatic rings. The second-order valence-corrected chi connectivity index (χ2v) is 4.35. The van der Waals surface area contributed by atoms with Crippen LogP contribution in [0.1, 0.15) is 12.5 Å². The summed E-state index contributed by atoms with van der Waals surface area (Å²) in [6.07, 6.45) is -4.35. The van der Waals surface area contributed by atoms with Crippen molar-refractivity contribution in [3.63, 3.8) is 0 Å². The Morgan fingerprint density at radius 2 is 1.70 bits per heavy atom. The van der Waals surface area contributed by atoms with E-state index in [9.17, 15) is 18.0 Å². The highest BCUT2D eigenvalue weighted by atomic mass is 32.1. The quantitative estimate of drug-likeness (QED) is 0.589. The van der Waals surface area contributed by atoms with Crippen LogP contribution in [0, 0.1) is 0 Å². The molecule has 8 heteroatoms. The summed E-state index contributed by atoms with van der Waals surface area (Å²) in [5.74, 6) is -0.145. The molecular weight excluding hydrogens is 291 g/mol. The van der Waals surface area contributed by atoms with Crippen LogP contribution < -0.4 is 16.0 Å². The minimum Gasteiger partial charge on any atom is -0.361 e. The highest BCUT2D eigenvalue weighted by molar-refractivity contribution is 7.80. The first-order valence-electron chi connectivity index (χ1n) is 5.75. The first-order valence-corrected chi connectivity index (χ1v) is 6.16. The van der Waals surface area contributed by atoms with Crippen molar-refractivity contribution < 1.29 is 18.0 Å². The van der Waals surface area contributed by atoms with E-state index < -0.39 is 11.7 Å². The van der Waals surface area contributed by atoms with E-state index in [0.29, 0.717) is 18.8 Å². The van der Waals surface area contributed by atoms with E-state index in [-0.39, 0.29) is 11.0 Å². The molecule has 0 heterocycles. The molecule has 0 saturated heterocycles. The lowest BCUT2D eigenvalue weighted by Gasteiger charge is -2.12. The number of carbonyl (C=O) groups excluding carboxylic acids is 1. The minimum atomic E-state index is -4.35. The molecular formula is C12H14F3N3OS. The van der Waals surface area contributed by atoms with Gasteiger partial charge in [-0.15, -0.1) is 0 Å². The number of hydrogen-bond acceptors (Lipinski definition) is 2. The number of halogens is 3. The summed E-state index contributed by atoms with van der Waals surface area (Å²) in [5.41, 5.74) is -0.261. The largest absolute Gasteiger partial charge is 0.416 e. The van der Waals surface area contributed by atoms with Crippen LogP contribution in [0.3, 0.4) is 0 Å². The van der Waals surface area contributed by atoms with E-state index in [1.54, 1.807) is 0 Å². The zero-order valence-electron chi connectivity index (χ0n) is 10.7. The van der Waals surface area contributed by atoms with Crippen molar-refractivity contribution in [2.24, 2.45) is 0 Å². The molecule has 0 atom stereocenters.